The van der Waals surface area contributed by atoms with E-state index in [0.717, 1.165) is 11.7 Å². The molecular formula is C11H11N3O. The molecule has 0 fully saturated rings. The fourth-order valence-corrected chi connectivity index (χ4v) is 1.79. The van der Waals surface area contributed by atoms with E-state index in [4.69, 9.17) is 4.74 Å². The molecule has 0 saturated carbocycles. The molecule has 1 aromatic heterocycles. The van der Waals surface area contributed by atoms with Gasteiger partial charge in [-0.2, -0.15) is 0 Å². The molecule has 1 atom stereocenters. The molecule has 1 unspecified atom stereocenters. The van der Waals surface area contributed by atoms with E-state index in [-0.39, 0.29) is 6.04 Å². The fraction of sp³-hybridized carbons (Fsp3) is 0.182. The number of hydrogen-bond donors (Lipinski definition) is 2. The van der Waals surface area contributed by atoms with Gasteiger partial charge in [-0.05, 0) is 6.07 Å². The summed E-state index contributed by atoms with van der Waals surface area (Å²) in [7, 11) is 0. The number of anilines is 1. The second kappa shape index (κ2) is 3.31. The molecule has 76 valence electrons. The average molecular weight is 201 g/mol. The molecule has 0 spiro atoms. The predicted molar refractivity (Wildman–Crippen MR) is 56.9 cm³/mol. The summed E-state index contributed by atoms with van der Waals surface area (Å²) >= 11 is 0. The van der Waals surface area contributed by atoms with E-state index >= 15 is 0 Å². The Balaban J connectivity index is 1.85. The van der Waals surface area contributed by atoms with Crippen LogP contribution < -0.4 is 10.1 Å². The van der Waals surface area contributed by atoms with Crippen molar-refractivity contribution >= 4 is 5.95 Å². The zero-order valence-electron chi connectivity index (χ0n) is 8.10. The van der Waals surface area contributed by atoms with Crippen LogP contribution in [0.3, 0.4) is 0 Å². The largest absolute Gasteiger partial charge is 0.491 e. The molecule has 2 heterocycles. The summed E-state index contributed by atoms with van der Waals surface area (Å²) in [5, 5.41) is 3.29. The first-order chi connectivity index (χ1) is 7.43. The quantitative estimate of drug-likeness (QED) is 0.780. The van der Waals surface area contributed by atoms with Gasteiger partial charge in [0.05, 0.1) is 6.04 Å². The second-order valence-corrected chi connectivity index (χ2v) is 3.48. The summed E-state index contributed by atoms with van der Waals surface area (Å²) < 4.78 is 5.56. The van der Waals surface area contributed by atoms with E-state index < -0.39 is 0 Å². The normalized spacial score (nSPS) is 18.3. The number of ether oxygens (including phenoxy) is 1. The Bertz CT molecular complexity index is 453. The average Bonchev–Trinajstić information content (AvgIpc) is 2.89. The number of aromatic nitrogens is 2. The van der Waals surface area contributed by atoms with E-state index in [2.05, 4.69) is 21.4 Å². The minimum atomic E-state index is 0.187. The Labute approximate surface area is 87.3 Å². The third kappa shape index (κ3) is 1.44. The van der Waals surface area contributed by atoms with Gasteiger partial charge in [0.2, 0.25) is 5.95 Å². The monoisotopic (exact) mass is 201 g/mol. The number of nitrogens with zero attached hydrogens (tertiary/aromatic N) is 1. The van der Waals surface area contributed by atoms with E-state index in [0.29, 0.717) is 6.61 Å². The highest BCUT2D eigenvalue weighted by Gasteiger charge is 2.23. The van der Waals surface area contributed by atoms with E-state index in [1.54, 1.807) is 12.4 Å². The smallest absolute Gasteiger partial charge is 0.200 e. The molecule has 15 heavy (non-hydrogen) atoms. The summed E-state index contributed by atoms with van der Waals surface area (Å²) in [5.74, 6) is 1.74. The van der Waals surface area contributed by atoms with Gasteiger partial charge < -0.3 is 15.0 Å². The van der Waals surface area contributed by atoms with Gasteiger partial charge in [0, 0.05) is 18.0 Å². The molecule has 3 rings (SSSR count). The van der Waals surface area contributed by atoms with E-state index in [1.165, 1.54) is 5.56 Å². The van der Waals surface area contributed by atoms with Gasteiger partial charge >= 0.3 is 0 Å². The maximum absolute atomic E-state index is 5.56. The lowest BCUT2D eigenvalue weighted by Gasteiger charge is -2.09. The molecule has 0 aliphatic carbocycles. The summed E-state index contributed by atoms with van der Waals surface area (Å²) in [4.78, 5) is 7.15. The Morgan fingerprint density at radius 1 is 1.40 bits per heavy atom. The highest BCUT2D eigenvalue weighted by molar-refractivity contribution is 5.43. The first-order valence-corrected chi connectivity index (χ1v) is 4.91. The summed E-state index contributed by atoms with van der Waals surface area (Å²) in [6, 6.07) is 8.24. The lowest BCUT2D eigenvalue weighted by atomic mass is 10.1. The van der Waals surface area contributed by atoms with Crippen LogP contribution in [0.5, 0.6) is 5.75 Å². The number of para-hydroxylation sites is 1. The molecule has 2 N–H and O–H groups in total. The molecule has 1 aromatic carbocycles. The molecule has 4 heteroatoms. The van der Waals surface area contributed by atoms with Gasteiger partial charge in [0.1, 0.15) is 12.4 Å². The minimum Gasteiger partial charge on any atom is -0.491 e. The first-order valence-electron chi connectivity index (χ1n) is 4.91. The van der Waals surface area contributed by atoms with E-state index in [9.17, 15) is 0 Å². The Morgan fingerprint density at radius 3 is 3.20 bits per heavy atom. The Kier molecular flexibility index (Phi) is 1.84. The van der Waals surface area contributed by atoms with Crippen molar-refractivity contribution in [1.82, 2.24) is 9.97 Å². The lowest BCUT2D eigenvalue weighted by Crippen LogP contribution is -2.12. The zero-order valence-corrected chi connectivity index (χ0v) is 8.10. The SMILES string of the molecule is c1ccc2c(c1)OCC2Nc1ncc[nH]1. The number of aromatic amines is 1. The molecule has 0 amide bonds. The topological polar surface area (TPSA) is 49.9 Å². The number of nitrogens with one attached hydrogen (secondary N) is 2. The van der Waals surface area contributed by atoms with Gasteiger partial charge in [0.15, 0.2) is 0 Å². The van der Waals surface area contributed by atoms with Crippen LogP contribution in [0.1, 0.15) is 11.6 Å². The van der Waals surface area contributed by atoms with Gasteiger partial charge in [-0.15, -0.1) is 0 Å². The number of benzene rings is 1. The maximum Gasteiger partial charge on any atom is 0.200 e. The third-order valence-electron chi connectivity index (χ3n) is 2.51. The van der Waals surface area contributed by atoms with Crippen LogP contribution >= 0.6 is 0 Å². The van der Waals surface area contributed by atoms with Gasteiger partial charge in [0.25, 0.3) is 0 Å². The van der Waals surface area contributed by atoms with Crippen molar-refractivity contribution in [2.75, 3.05) is 11.9 Å². The van der Waals surface area contributed by atoms with Crippen LogP contribution in [0.4, 0.5) is 5.95 Å². The van der Waals surface area contributed by atoms with Gasteiger partial charge in [-0.25, -0.2) is 4.98 Å². The predicted octanol–water partition coefficient (Wildman–Crippen LogP) is 1.96. The Hall–Kier alpha value is -1.97. The van der Waals surface area contributed by atoms with Crippen LogP contribution in [0.25, 0.3) is 0 Å². The first kappa shape index (κ1) is 8.35. The highest BCUT2D eigenvalue weighted by Crippen LogP contribution is 2.33. The number of rotatable bonds is 2. The zero-order chi connectivity index (χ0) is 10.1. The number of fused-ring (bicyclic) bond motifs is 1. The number of H-pyrrole nitrogens is 1. The van der Waals surface area contributed by atoms with Crippen molar-refractivity contribution < 1.29 is 4.74 Å². The molecule has 2 aromatic rings. The highest BCUT2D eigenvalue weighted by atomic mass is 16.5. The van der Waals surface area contributed by atoms with Gasteiger partial charge in [-0.3, -0.25) is 0 Å². The molecule has 0 saturated heterocycles. The molecule has 1 aliphatic rings. The molecule has 4 nitrogen and oxygen atoms in total. The molecule has 0 radical (unpaired) electrons. The summed E-state index contributed by atoms with van der Waals surface area (Å²) in [6.07, 6.45) is 3.52. The van der Waals surface area contributed by atoms with Crippen LogP contribution in [-0.4, -0.2) is 16.6 Å². The molecular weight excluding hydrogens is 190 g/mol. The molecule has 1 aliphatic heterocycles. The van der Waals surface area contributed by atoms with Crippen molar-refractivity contribution in [3.63, 3.8) is 0 Å². The number of hydrogen-bond acceptors (Lipinski definition) is 3. The minimum absolute atomic E-state index is 0.187. The van der Waals surface area contributed by atoms with Crippen molar-refractivity contribution in [2.45, 2.75) is 6.04 Å². The fourth-order valence-electron chi connectivity index (χ4n) is 1.79. The van der Waals surface area contributed by atoms with E-state index in [1.807, 2.05) is 18.2 Å². The van der Waals surface area contributed by atoms with Crippen molar-refractivity contribution in [1.29, 1.82) is 0 Å². The summed E-state index contributed by atoms with van der Waals surface area (Å²) in [6.45, 7) is 0.653. The van der Waals surface area contributed by atoms with Crippen molar-refractivity contribution in [3.8, 4) is 5.75 Å². The van der Waals surface area contributed by atoms with Crippen LogP contribution in [0.15, 0.2) is 36.7 Å². The number of imidazole rings is 1. The standard InChI is InChI=1S/C11H11N3O/c1-2-4-10-8(3-1)9(7-15-10)14-11-12-5-6-13-11/h1-6,9H,7H2,(H2,12,13,14). The summed E-state index contributed by atoms with van der Waals surface area (Å²) in [5.41, 5.74) is 1.19. The van der Waals surface area contributed by atoms with Crippen molar-refractivity contribution in [2.24, 2.45) is 0 Å². The Morgan fingerprint density at radius 2 is 2.33 bits per heavy atom. The molecule has 0 bridgehead atoms. The van der Waals surface area contributed by atoms with Gasteiger partial charge in [-0.1, -0.05) is 18.2 Å². The van der Waals surface area contributed by atoms with Crippen LogP contribution in [0, 0.1) is 0 Å². The second-order valence-electron chi connectivity index (χ2n) is 3.48. The van der Waals surface area contributed by atoms with Crippen LogP contribution in [-0.2, 0) is 0 Å². The lowest BCUT2D eigenvalue weighted by molar-refractivity contribution is 0.339. The third-order valence-corrected chi connectivity index (χ3v) is 2.51. The van der Waals surface area contributed by atoms with Crippen LogP contribution in [0.2, 0.25) is 0 Å². The maximum atomic E-state index is 5.56. The van der Waals surface area contributed by atoms with Crippen molar-refractivity contribution in [3.05, 3.63) is 42.2 Å².